The summed E-state index contributed by atoms with van der Waals surface area (Å²) in [7, 11) is 0. The maximum Gasteiger partial charge on any atom is 0 e. The topological polar surface area (TPSA) is 46.5 Å². The number of hydrogen-bond acceptors (Lipinski definition) is 2. The van der Waals surface area contributed by atoms with Crippen molar-refractivity contribution in [3.8, 4) is 5.69 Å². The van der Waals surface area contributed by atoms with Gasteiger partial charge in [-0.05, 0) is 13.8 Å². The fourth-order valence-corrected chi connectivity index (χ4v) is 2.42. The molecule has 1 N–H and O–H groups in total. The molecule has 0 spiro atoms. The average Bonchev–Trinajstić information content (AvgIpc) is 3.45. The van der Waals surface area contributed by atoms with Crippen molar-refractivity contribution in [2.75, 3.05) is 0 Å². The molecule has 2 heterocycles. The molecule has 4 rings (SSSR count). The van der Waals surface area contributed by atoms with Crippen molar-refractivity contribution in [3.05, 3.63) is 102 Å². The van der Waals surface area contributed by atoms with E-state index < -0.39 is 23.5 Å². The Labute approximate surface area is 313 Å². The van der Waals surface area contributed by atoms with E-state index in [4.69, 9.17) is 0 Å². The molecule has 0 saturated carbocycles. The molecule has 0 bridgehead atoms. The summed E-state index contributed by atoms with van der Waals surface area (Å²) >= 11 is 5.30. The first-order valence-corrected chi connectivity index (χ1v) is 22.3. The standard InChI is InChI=1S/C11H8F3N2.C8H6F3.C4H6N2.CH4.B.I3.2Y/c1-8-6-16(7-15-8)10-4-2-3-9(5-10)11(12,13)14;1-6-3-2-4-7(5-6)8(9,10)11;1-4-2-5-3-6-4;;;1-3-2;;/h3-7H,1H3;3-5H,1H3;2-3H,1H3,(H,5,6);1H4;;;;/q2*-1;;;;-1;;. The Kier molecular flexibility index (Phi) is 29.0. The molecule has 5 radical (unpaired) electrons. The third-order valence-corrected chi connectivity index (χ3v) is 4.01. The molecule has 0 saturated heterocycles. The Bertz CT molecular complexity index is 1180. The van der Waals surface area contributed by atoms with Crippen molar-refractivity contribution in [1.29, 1.82) is 0 Å². The largest absolute Gasteiger partial charge is 0 e. The van der Waals surface area contributed by atoms with E-state index in [2.05, 4.69) is 64.3 Å². The maximum absolute atomic E-state index is 12.4. The van der Waals surface area contributed by atoms with Crippen LogP contribution in [0.15, 0.2) is 61.4 Å². The van der Waals surface area contributed by atoms with Gasteiger partial charge in [0.15, 0.2) is 0 Å². The summed E-state index contributed by atoms with van der Waals surface area (Å²) in [6, 6.07) is 11.9. The Morgan fingerprint density at radius 3 is 1.70 bits per heavy atom. The van der Waals surface area contributed by atoms with Crippen molar-refractivity contribution in [2.24, 2.45) is 0 Å². The summed E-state index contributed by atoms with van der Waals surface area (Å²) in [4.78, 5) is 10.6. The predicted octanol–water partition coefficient (Wildman–Crippen LogP) is 5.56. The zero-order valence-electron chi connectivity index (χ0n) is 20.7. The van der Waals surface area contributed by atoms with Crippen LogP contribution in [-0.4, -0.2) is 27.9 Å². The van der Waals surface area contributed by atoms with Crippen LogP contribution in [-0.2, 0) is 77.8 Å². The van der Waals surface area contributed by atoms with E-state index >= 15 is 0 Å². The Hall–Kier alpha value is 0.903. The molecule has 0 unspecified atom stereocenters. The van der Waals surface area contributed by atoms with Gasteiger partial charge in [0, 0.05) is 91.9 Å². The number of H-pyrrole nitrogens is 1. The van der Waals surface area contributed by atoms with Crippen molar-refractivity contribution in [2.45, 2.75) is 40.6 Å². The predicted molar refractivity (Wildman–Crippen MR) is 151 cm³/mol. The quantitative estimate of drug-likeness (QED) is 0.118. The normalized spacial score (nSPS) is 9.78. The number of nitrogens with one attached hydrogen (secondary N) is 1. The van der Waals surface area contributed by atoms with Gasteiger partial charge in [0.05, 0.1) is 18.3 Å². The Morgan fingerprint density at radius 2 is 1.38 bits per heavy atom. The molecule has 0 aliphatic rings. The zero-order valence-corrected chi connectivity index (χ0v) is 32.9. The molecule has 2 aromatic carbocycles. The zero-order chi connectivity index (χ0) is 27.4. The molecular weight excluding hydrogens is 1030 g/mol. The smallest absolute Gasteiger partial charge is 0 e. The van der Waals surface area contributed by atoms with Crippen LogP contribution in [0.4, 0.5) is 26.3 Å². The number of alkyl halides is 6. The van der Waals surface area contributed by atoms with Gasteiger partial charge in [-0.2, -0.15) is 74.4 Å². The van der Waals surface area contributed by atoms with Gasteiger partial charge in [0.1, 0.15) is 0 Å². The second-order valence-corrected chi connectivity index (χ2v) is 23.2. The van der Waals surface area contributed by atoms with Gasteiger partial charge >= 0.3 is 62.8 Å². The molecular formula is C24H24BF6I3N4Y2-3. The van der Waals surface area contributed by atoms with E-state index in [0.29, 0.717) is 24.5 Å². The number of hydrogen-bond donors (Lipinski definition) is 1. The number of halogens is 9. The number of benzene rings is 2. The first-order chi connectivity index (χ1) is 16.8. The van der Waals surface area contributed by atoms with Crippen LogP contribution in [0, 0.1) is 32.9 Å². The monoisotopic (exact) mass is 1050 g/mol. The molecule has 0 aliphatic heterocycles. The van der Waals surface area contributed by atoms with Crippen LogP contribution < -0.4 is 13.3 Å². The number of aromatic amines is 1. The van der Waals surface area contributed by atoms with Crippen molar-refractivity contribution in [3.63, 3.8) is 0 Å². The number of aromatic nitrogens is 4. The SMILES string of the molecule is C.Cc1c[c-]cc(C(F)(F)F)c1.Cc1cn(-c2c[c-]cc(C(F)(F)F)c2)cn1.Cc1cnc[nH]1.I[I-]I.[B].[Y].[Y]. The first-order valence-electron chi connectivity index (χ1n) is 9.74. The molecule has 0 amide bonds. The summed E-state index contributed by atoms with van der Waals surface area (Å²) in [5.74, 6) is 0. The van der Waals surface area contributed by atoms with Crippen LogP contribution in [0.5, 0.6) is 0 Å². The molecule has 4 nitrogen and oxygen atoms in total. The van der Waals surface area contributed by atoms with Crippen LogP contribution in [0.2, 0.25) is 0 Å². The number of imidazole rings is 2. The maximum atomic E-state index is 12.4. The summed E-state index contributed by atoms with van der Waals surface area (Å²) in [5.41, 5.74) is 1.47. The Morgan fingerprint density at radius 1 is 0.875 bits per heavy atom. The second kappa shape index (κ2) is 24.3. The minimum absolute atomic E-state index is 0. The van der Waals surface area contributed by atoms with Gasteiger partial charge in [0.2, 0.25) is 0 Å². The van der Waals surface area contributed by atoms with E-state index in [1.165, 1.54) is 23.0 Å². The number of aryl methyl sites for hydroxylation is 3. The minimum atomic E-state index is -4.35. The molecule has 0 atom stereocenters. The van der Waals surface area contributed by atoms with Crippen LogP contribution >= 0.6 is 37.2 Å². The summed E-state index contributed by atoms with van der Waals surface area (Å²) in [5, 5.41) is 0. The van der Waals surface area contributed by atoms with Gasteiger partial charge in [-0.15, -0.1) is 6.07 Å². The van der Waals surface area contributed by atoms with Gasteiger partial charge in [-0.25, -0.2) is 9.97 Å². The van der Waals surface area contributed by atoms with Crippen LogP contribution in [0.3, 0.4) is 0 Å². The third-order valence-electron chi connectivity index (χ3n) is 4.01. The van der Waals surface area contributed by atoms with E-state index in [1.54, 1.807) is 32.6 Å². The molecule has 4 aromatic rings. The summed E-state index contributed by atoms with van der Waals surface area (Å²) < 4.78 is 74.7. The van der Waals surface area contributed by atoms with Crippen LogP contribution in [0.1, 0.15) is 35.5 Å². The van der Waals surface area contributed by atoms with E-state index in [1.807, 2.05) is 6.92 Å². The van der Waals surface area contributed by atoms with E-state index in [-0.39, 0.29) is 81.3 Å². The summed E-state index contributed by atoms with van der Waals surface area (Å²) in [6.07, 6.45) is -2.03. The van der Waals surface area contributed by atoms with Crippen molar-refractivity contribution < 1.29 is 105 Å². The van der Waals surface area contributed by atoms with Crippen molar-refractivity contribution in [1.82, 2.24) is 19.5 Å². The molecule has 0 fully saturated rings. The molecule has 215 valence electrons. The molecule has 0 aliphatic carbocycles. The summed E-state index contributed by atoms with van der Waals surface area (Å²) in [6.45, 7) is 5.34. The van der Waals surface area contributed by atoms with Crippen molar-refractivity contribution >= 4 is 45.6 Å². The molecule has 40 heavy (non-hydrogen) atoms. The second-order valence-electron chi connectivity index (χ2n) is 6.99. The molecule has 2 aromatic heterocycles. The van der Waals surface area contributed by atoms with E-state index in [0.717, 1.165) is 35.7 Å². The van der Waals surface area contributed by atoms with Gasteiger partial charge in [-0.1, -0.05) is 31.2 Å². The van der Waals surface area contributed by atoms with Crippen LogP contribution in [0.25, 0.3) is 5.69 Å². The Balaban J connectivity index is -0.000000237. The van der Waals surface area contributed by atoms with E-state index in [9.17, 15) is 26.3 Å². The molecule has 16 heteroatoms. The fraction of sp³-hybridized carbons (Fsp3) is 0.250. The fourth-order valence-electron chi connectivity index (χ4n) is 2.42. The van der Waals surface area contributed by atoms with Gasteiger partial charge in [-0.3, -0.25) is 0 Å². The van der Waals surface area contributed by atoms with Gasteiger partial charge in [0.25, 0.3) is 0 Å². The third kappa shape index (κ3) is 20.0. The number of rotatable bonds is 1. The minimum Gasteiger partial charge on any atom is 0 e. The number of nitrogens with zero attached hydrogens (tertiary/aromatic N) is 3. The van der Waals surface area contributed by atoms with Gasteiger partial charge < -0.3 is 9.55 Å². The average molecular weight is 1050 g/mol. The first kappa shape index (κ1) is 47.8.